The second-order valence-electron chi connectivity index (χ2n) is 6.49. The Kier molecular flexibility index (Phi) is 4.33. The van der Waals surface area contributed by atoms with Crippen LogP contribution in [0, 0.1) is 28.9 Å². The van der Waals surface area contributed by atoms with Crippen molar-refractivity contribution in [1.82, 2.24) is 0 Å². The Bertz CT molecular complexity index is 545. The minimum absolute atomic E-state index is 0.0648. The maximum absolute atomic E-state index is 13.7. The first kappa shape index (κ1) is 15.9. The van der Waals surface area contributed by atoms with Gasteiger partial charge in [0.25, 0.3) is 0 Å². The Morgan fingerprint density at radius 2 is 2.00 bits per heavy atom. The maximum Gasteiger partial charge on any atom is 0.228 e. The Morgan fingerprint density at radius 3 is 2.67 bits per heavy atom. The zero-order chi connectivity index (χ0) is 15.8. The average Bonchev–Trinajstić information content (AvgIpc) is 2.41. The van der Waals surface area contributed by atoms with E-state index >= 15 is 0 Å². The van der Waals surface area contributed by atoms with Crippen molar-refractivity contribution in [3.8, 4) is 0 Å². The topological polar surface area (TPSA) is 55.1 Å². The predicted molar refractivity (Wildman–Crippen MR) is 78.6 cm³/mol. The van der Waals surface area contributed by atoms with Gasteiger partial charge in [-0.15, -0.1) is 0 Å². The van der Waals surface area contributed by atoms with Gasteiger partial charge in [-0.2, -0.15) is 0 Å². The predicted octanol–water partition coefficient (Wildman–Crippen LogP) is 3.30. The molecule has 116 valence electrons. The fourth-order valence-corrected chi connectivity index (χ4v) is 3.14. The minimum atomic E-state index is -1.02. The largest absolute Gasteiger partial charge is 0.327 e. The van der Waals surface area contributed by atoms with Crippen LogP contribution in [-0.4, -0.2) is 11.9 Å². The molecular weight excluding hydrogens is 274 g/mol. The molecule has 1 fully saturated rings. The Balaban J connectivity index is 2.18. The van der Waals surface area contributed by atoms with E-state index in [4.69, 9.17) is 5.73 Å². The highest BCUT2D eigenvalue weighted by atomic mass is 19.2. The van der Waals surface area contributed by atoms with Crippen LogP contribution in [0.15, 0.2) is 18.2 Å². The second-order valence-corrected chi connectivity index (χ2v) is 6.49. The van der Waals surface area contributed by atoms with Gasteiger partial charge in [0, 0.05) is 12.0 Å². The van der Waals surface area contributed by atoms with Gasteiger partial charge < -0.3 is 11.1 Å². The van der Waals surface area contributed by atoms with Crippen molar-refractivity contribution >= 4 is 11.6 Å². The SMILES string of the molecule is CC1C(N)CCC(C(=O)Nc2cccc(F)c2F)C1(C)C. The smallest absolute Gasteiger partial charge is 0.228 e. The number of anilines is 1. The fraction of sp³-hybridized carbons (Fsp3) is 0.562. The molecule has 3 nitrogen and oxygen atoms in total. The summed E-state index contributed by atoms with van der Waals surface area (Å²) in [5, 5.41) is 2.52. The molecule has 1 saturated carbocycles. The van der Waals surface area contributed by atoms with Gasteiger partial charge in [0.15, 0.2) is 11.6 Å². The quantitative estimate of drug-likeness (QED) is 0.879. The Morgan fingerprint density at radius 1 is 1.33 bits per heavy atom. The Hall–Kier alpha value is -1.49. The van der Waals surface area contributed by atoms with Crippen molar-refractivity contribution in [3.05, 3.63) is 29.8 Å². The molecule has 1 amide bonds. The first-order valence-electron chi connectivity index (χ1n) is 7.25. The molecule has 1 aliphatic rings. The van der Waals surface area contributed by atoms with Gasteiger partial charge in [-0.3, -0.25) is 4.79 Å². The third-order valence-electron chi connectivity index (χ3n) is 5.03. The molecule has 3 unspecified atom stereocenters. The fourth-order valence-electron chi connectivity index (χ4n) is 3.14. The normalized spacial score (nSPS) is 28.2. The molecule has 0 saturated heterocycles. The number of benzene rings is 1. The third-order valence-corrected chi connectivity index (χ3v) is 5.03. The number of nitrogens with one attached hydrogen (secondary N) is 1. The van der Waals surface area contributed by atoms with E-state index in [0.717, 1.165) is 12.5 Å². The van der Waals surface area contributed by atoms with Crippen LogP contribution in [0.5, 0.6) is 0 Å². The molecule has 0 heterocycles. The molecule has 5 heteroatoms. The van der Waals surface area contributed by atoms with Crippen molar-refractivity contribution in [3.63, 3.8) is 0 Å². The van der Waals surface area contributed by atoms with Gasteiger partial charge in [0.1, 0.15) is 0 Å². The van der Waals surface area contributed by atoms with Crippen molar-refractivity contribution in [2.75, 3.05) is 5.32 Å². The number of hydrogen-bond donors (Lipinski definition) is 2. The molecule has 1 aliphatic carbocycles. The lowest BCUT2D eigenvalue weighted by Gasteiger charge is -2.46. The van der Waals surface area contributed by atoms with E-state index in [2.05, 4.69) is 5.32 Å². The molecule has 0 spiro atoms. The minimum Gasteiger partial charge on any atom is -0.327 e. The van der Waals surface area contributed by atoms with Crippen LogP contribution in [0.3, 0.4) is 0 Å². The van der Waals surface area contributed by atoms with E-state index in [1.54, 1.807) is 0 Å². The van der Waals surface area contributed by atoms with Gasteiger partial charge in [-0.1, -0.05) is 26.8 Å². The summed E-state index contributed by atoms with van der Waals surface area (Å²) in [6.07, 6.45) is 1.41. The number of carbonyl (C=O) groups is 1. The number of halogens is 2. The molecule has 0 aliphatic heterocycles. The van der Waals surface area contributed by atoms with E-state index < -0.39 is 11.6 Å². The van der Waals surface area contributed by atoms with E-state index in [9.17, 15) is 13.6 Å². The van der Waals surface area contributed by atoms with Crippen LogP contribution in [-0.2, 0) is 4.79 Å². The van der Waals surface area contributed by atoms with Gasteiger partial charge >= 0.3 is 0 Å². The maximum atomic E-state index is 13.7. The van der Waals surface area contributed by atoms with Gasteiger partial charge in [-0.25, -0.2) is 8.78 Å². The number of rotatable bonds is 2. The highest BCUT2D eigenvalue weighted by molar-refractivity contribution is 5.93. The molecule has 1 aromatic rings. The summed E-state index contributed by atoms with van der Waals surface area (Å²) < 4.78 is 26.8. The van der Waals surface area contributed by atoms with Gasteiger partial charge in [0.2, 0.25) is 5.91 Å². The summed E-state index contributed by atoms with van der Waals surface area (Å²) in [5.74, 6) is -2.35. The molecule has 3 atom stereocenters. The summed E-state index contributed by atoms with van der Waals surface area (Å²) in [5.41, 5.74) is 5.67. The molecule has 2 rings (SSSR count). The molecule has 1 aromatic carbocycles. The van der Waals surface area contributed by atoms with Gasteiger partial charge in [0.05, 0.1) is 5.69 Å². The molecule has 3 N–H and O–H groups in total. The lowest BCUT2D eigenvalue weighted by atomic mass is 9.61. The lowest BCUT2D eigenvalue weighted by Crippen LogP contribution is -2.50. The van der Waals surface area contributed by atoms with Crippen LogP contribution in [0.4, 0.5) is 14.5 Å². The summed E-state index contributed by atoms with van der Waals surface area (Å²) in [7, 11) is 0. The lowest BCUT2D eigenvalue weighted by molar-refractivity contribution is -0.127. The van der Waals surface area contributed by atoms with Crippen LogP contribution in [0.2, 0.25) is 0 Å². The number of carbonyl (C=O) groups excluding carboxylic acids is 1. The highest BCUT2D eigenvalue weighted by Crippen LogP contribution is 2.44. The van der Waals surface area contributed by atoms with Crippen LogP contribution < -0.4 is 11.1 Å². The highest BCUT2D eigenvalue weighted by Gasteiger charge is 2.45. The summed E-state index contributed by atoms with van der Waals surface area (Å²) in [6.45, 7) is 6.04. The van der Waals surface area contributed by atoms with Crippen LogP contribution in [0.1, 0.15) is 33.6 Å². The van der Waals surface area contributed by atoms with Crippen molar-refractivity contribution in [1.29, 1.82) is 0 Å². The standard InChI is InChI=1S/C16H22F2N2O/c1-9-12(19)8-7-10(16(9,2)3)15(21)20-13-6-4-5-11(17)14(13)18/h4-6,9-10,12H,7-8,19H2,1-3H3,(H,20,21). The second kappa shape index (κ2) is 5.72. The zero-order valence-electron chi connectivity index (χ0n) is 12.6. The summed E-state index contributed by atoms with van der Waals surface area (Å²) >= 11 is 0. The monoisotopic (exact) mass is 296 g/mol. The number of hydrogen-bond acceptors (Lipinski definition) is 2. The van der Waals surface area contributed by atoms with Crippen molar-refractivity contribution < 1.29 is 13.6 Å². The third kappa shape index (κ3) is 2.93. The van der Waals surface area contributed by atoms with Crippen LogP contribution >= 0.6 is 0 Å². The Labute approximate surface area is 123 Å². The summed E-state index contributed by atoms with van der Waals surface area (Å²) in [4.78, 5) is 12.5. The molecule has 21 heavy (non-hydrogen) atoms. The molecule has 0 bridgehead atoms. The van der Waals surface area contributed by atoms with Crippen molar-refractivity contribution in [2.24, 2.45) is 23.0 Å². The first-order valence-corrected chi connectivity index (χ1v) is 7.25. The zero-order valence-corrected chi connectivity index (χ0v) is 12.6. The number of amides is 1. The van der Waals surface area contributed by atoms with E-state index in [-0.39, 0.29) is 34.9 Å². The van der Waals surface area contributed by atoms with Crippen LogP contribution in [0.25, 0.3) is 0 Å². The average molecular weight is 296 g/mol. The number of nitrogens with two attached hydrogens (primary N) is 1. The van der Waals surface area contributed by atoms with Crippen molar-refractivity contribution in [2.45, 2.75) is 39.7 Å². The summed E-state index contributed by atoms with van der Waals surface area (Å²) in [6, 6.07) is 3.83. The van der Waals surface area contributed by atoms with E-state index in [1.165, 1.54) is 12.1 Å². The van der Waals surface area contributed by atoms with E-state index in [1.807, 2.05) is 20.8 Å². The molecule has 0 radical (unpaired) electrons. The molecule has 0 aromatic heterocycles. The van der Waals surface area contributed by atoms with E-state index in [0.29, 0.717) is 6.42 Å². The van der Waals surface area contributed by atoms with Gasteiger partial charge in [-0.05, 0) is 36.3 Å². The molecular formula is C16H22F2N2O. The first-order chi connectivity index (χ1) is 9.75.